The largest absolute Gasteiger partial charge is 0.394 e. The fourth-order valence-electron chi connectivity index (χ4n) is 10.0. The van der Waals surface area contributed by atoms with Crippen molar-refractivity contribution < 1.29 is 64.6 Å². The zero-order valence-electron chi connectivity index (χ0n) is 46.1. The van der Waals surface area contributed by atoms with E-state index in [0.717, 1.165) is 32.1 Å². The van der Waals surface area contributed by atoms with Crippen LogP contribution in [-0.2, 0) is 23.7 Å². The number of amides is 1. The van der Waals surface area contributed by atoms with Crippen LogP contribution in [0.4, 0.5) is 0 Å². The molecule has 1 amide bonds. The van der Waals surface area contributed by atoms with Gasteiger partial charge in [-0.3, -0.25) is 4.79 Å². The molecule has 430 valence electrons. The lowest BCUT2D eigenvalue weighted by atomic mass is 9.97. The Hall–Kier alpha value is -1.53. The van der Waals surface area contributed by atoms with Gasteiger partial charge in [0.15, 0.2) is 12.6 Å². The minimum atomic E-state index is -1.79. The molecule has 14 heteroatoms. The van der Waals surface area contributed by atoms with Crippen LogP contribution in [0.5, 0.6) is 0 Å². The molecular formula is C59H111NO13. The van der Waals surface area contributed by atoms with Crippen molar-refractivity contribution in [3.63, 3.8) is 0 Å². The maximum absolute atomic E-state index is 13.2. The Kier molecular flexibility index (Phi) is 42.1. The molecule has 12 unspecified atom stereocenters. The van der Waals surface area contributed by atoms with E-state index in [1.807, 2.05) is 6.08 Å². The number of carbonyl (C=O) groups excluding carboxylic acids is 1. The molecular weight excluding hydrogens is 931 g/mol. The molecule has 0 aliphatic carbocycles. The van der Waals surface area contributed by atoms with Crippen LogP contribution >= 0.6 is 0 Å². The Morgan fingerprint density at radius 1 is 0.479 bits per heavy atom. The van der Waals surface area contributed by atoms with Crippen LogP contribution in [0.3, 0.4) is 0 Å². The van der Waals surface area contributed by atoms with E-state index in [1.54, 1.807) is 6.08 Å². The Bertz CT molecular complexity index is 1320. The van der Waals surface area contributed by atoms with Gasteiger partial charge >= 0.3 is 0 Å². The van der Waals surface area contributed by atoms with Gasteiger partial charge < -0.3 is 65.1 Å². The summed E-state index contributed by atoms with van der Waals surface area (Å²) in [6.07, 6.45) is 36.5. The molecule has 2 aliphatic heterocycles. The van der Waals surface area contributed by atoms with Crippen molar-refractivity contribution in [3.8, 4) is 0 Å². The zero-order valence-corrected chi connectivity index (χ0v) is 46.1. The second-order valence-corrected chi connectivity index (χ2v) is 21.5. The Balaban J connectivity index is 1.74. The SMILES string of the molecule is CCCCCCCCCCC/C=C/CC/C=C/C(O)C(COC1OC(CO)C(OC2OC(CO)C(O)C(O)C2O)C(O)C1O)NC(=O)CCCCCCCCCCCCCCCCCCCCCCCCCC. The lowest BCUT2D eigenvalue weighted by molar-refractivity contribution is -0.359. The second kappa shape index (κ2) is 45.5. The highest BCUT2D eigenvalue weighted by Crippen LogP contribution is 2.30. The van der Waals surface area contributed by atoms with Crippen LogP contribution < -0.4 is 5.32 Å². The van der Waals surface area contributed by atoms with Crippen molar-refractivity contribution in [2.24, 2.45) is 0 Å². The van der Waals surface area contributed by atoms with E-state index in [2.05, 4.69) is 31.3 Å². The van der Waals surface area contributed by atoms with Gasteiger partial charge in [-0.1, -0.05) is 237 Å². The highest BCUT2D eigenvalue weighted by Gasteiger charge is 2.51. The van der Waals surface area contributed by atoms with Crippen LogP contribution in [0, 0.1) is 0 Å². The number of allylic oxidation sites excluding steroid dienone is 3. The predicted octanol–water partition coefficient (Wildman–Crippen LogP) is 10.1. The molecule has 2 fully saturated rings. The van der Waals surface area contributed by atoms with Gasteiger partial charge in [0.05, 0.1) is 32.0 Å². The summed E-state index contributed by atoms with van der Waals surface area (Å²) in [7, 11) is 0. The first-order chi connectivity index (χ1) is 35.6. The summed E-state index contributed by atoms with van der Waals surface area (Å²) in [5.41, 5.74) is 0. The third kappa shape index (κ3) is 31.5. The van der Waals surface area contributed by atoms with Crippen LogP contribution in [0.15, 0.2) is 24.3 Å². The molecule has 0 radical (unpaired) electrons. The molecule has 2 rings (SSSR count). The summed E-state index contributed by atoms with van der Waals surface area (Å²) in [6, 6.07) is -0.927. The topological polar surface area (TPSA) is 228 Å². The van der Waals surface area contributed by atoms with E-state index in [1.165, 1.54) is 186 Å². The third-order valence-corrected chi connectivity index (χ3v) is 14.9. The Morgan fingerprint density at radius 3 is 1.34 bits per heavy atom. The smallest absolute Gasteiger partial charge is 0.220 e. The number of hydrogen-bond acceptors (Lipinski definition) is 13. The van der Waals surface area contributed by atoms with Gasteiger partial charge in [-0.15, -0.1) is 0 Å². The quantitative estimate of drug-likeness (QED) is 0.0204. The van der Waals surface area contributed by atoms with Crippen LogP contribution in [0.2, 0.25) is 0 Å². The summed E-state index contributed by atoms with van der Waals surface area (Å²) in [6.45, 7) is 2.80. The van der Waals surface area contributed by atoms with Crippen molar-refractivity contribution in [3.05, 3.63) is 24.3 Å². The first kappa shape index (κ1) is 67.6. The number of hydrogen-bond donors (Lipinski definition) is 9. The molecule has 0 aromatic rings. The van der Waals surface area contributed by atoms with E-state index in [0.29, 0.717) is 12.8 Å². The van der Waals surface area contributed by atoms with Crippen LogP contribution in [0.25, 0.3) is 0 Å². The number of nitrogens with one attached hydrogen (secondary N) is 1. The number of aliphatic hydroxyl groups excluding tert-OH is 8. The summed E-state index contributed by atoms with van der Waals surface area (Å²) in [4.78, 5) is 13.2. The standard InChI is InChI=1S/C59H111NO13/c1-3-5-7-9-11-13-15-17-19-20-21-22-23-24-25-26-27-29-31-33-35-37-39-41-43-51(64)60-47(48(63)42-40-38-36-34-32-30-28-18-16-14-12-10-8-6-4-2)46-70-58-56(69)54(67)57(50(45-62)72-58)73-59-55(68)53(66)52(65)49(44-61)71-59/h32,34,40,42,47-50,52-59,61-63,65-69H,3-31,33,35-39,41,43-46H2,1-2H3,(H,60,64)/b34-32+,42-40+. The number of rotatable bonds is 48. The molecule has 0 bridgehead atoms. The monoisotopic (exact) mass is 1040 g/mol. The summed E-state index contributed by atoms with van der Waals surface area (Å²) < 4.78 is 22.7. The van der Waals surface area contributed by atoms with Gasteiger partial charge in [-0.2, -0.15) is 0 Å². The lowest BCUT2D eigenvalue weighted by Gasteiger charge is -2.46. The second-order valence-electron chi connectivity index (χ2n) is 21.5. The molecule has 2 aliphatic rings. The maximum Gasteiger partial charge on any atom is 0.220 e. The van der Waals surface area contributed by atoms with Crippen molar-refractivity contribution in [1.82, 2.24) is 5.32 Å². The number of carbonyl (C=O) groups is 1. The van der Waals surface area contributed by atoms with Crippen molar-refractivity contribution >= 4 is 5.91 Å². The highest BCUT2D eigenvalue weighted by atomic mass is 16.7. The highest BCUT2D eigenvalue weighted by molar-refractivity contribution is 5.76. The van der Waals surface area contributed by atoms with Crippen molar-refractivity contribution in [2.75, 3.05) is 19.8 Å². The van der Waals surface area contributed by atoms with E-state index in [9.17, 15) is 45.6 Å². The lowest BCUT2D eigenvalue weighted by Crippen LogP contribution is -2.65. The fourth-order valence-corrected chi connectivity index (χ4v) is 10.0. The number of aliphatic hydroxyl groups is 8. The Morgan fingerprint density at radius 2 is 0.877 bits per heavy atom. The summed E-state index contributed by atoms with van der Waals surface area (Å²) in [5, 5.41) is 87.0. The maximum atomic E-state index is 13.2. The zero-order chi connectivity index (χ0) is 53.2. The third-order valence-electron chi connectivity index (χ3n) is 14.9. The van der Waals surface area contributed by atoms with Gasteiger partial charge in [0, 0.05) is 6.42 Å². The molecule has 0 saturated carbocycles. The average molecular weight is 1040 g/mol. The molecule has 2 heterocycles. The van der Waals surface area contributed by atoms with E-state index in [-0.39, 0.29) is 18.9 Å². The molecule has 0 spiro atoms. The van der Waals surface area contributed by atoms with E-state index >= 15 is 0 Å². The molecule has 0 aromatic heterocycles. The first-order valence-corrected chi connectivity index (χ1v) is 30.1. The van der Waals surface area contributed by atoms with Crippen LogP contribution in [0.1, 0.15) is 251 Å². The minimum absolute atomic E-state index is 0.245. The summed E-state index contributed by atoms with van der Waals surface area (Å²) >= 11 is 0. The van der Waals surface area contributed by atoms with Gasteiger partial charge in [0.1, 0.15) is 48.8 Å². The average Bonchev–Trinajstić information content (AvgIpc) is 3.39. The predicted molar refractivity (Wildman–Crippen MR) is 291 cm³/mol. The van der Waals surface area contributed by atoms with Gasteiger partial charge in [-0.25, -0.2) is 0 Å². The molecule has 9 N–H and O–H groups in total. The van der Waals surface area contributed by atoms with Gasteiger partial charge in [0.2, 0.25) is 5.91 Å². The molecule has 2 saturated heterocycles. The summed E-state index contributed by atoms with van der Waals surface area (Å²) in [5.74, 6) is -0.245. The Labute approximate surface area is 443 Å². The normalized spacial score (nSPS) is 25.5. The van der Waals surface area contributed by atoms with E-state index < -0.39 is 86.8 Å². The number of ether oxygens (including phenoxy) is 4. The molecule has 12 atom stereocenters. The van der Waals surface area contributed by atoms with Gasteiger partial charge in [-0.05, 0) is 32.1 Å². The molecule has 14 nitrogen and oxygen atoms in total. The number of unbranched alkanes of at least 4 members (excludes halogenated alkanes) is 33. The van der Waals surface area contributed by atoms with Crippen molar-refractivity contribution in [2.45, 2.75) is 325 Å². The minimum Gasteiger partial charge on any atom is -0.394 e. The van der Waals surface area contributed by atoms with Gasteiger partial charge in [0.25, 0.3) is 0 Å². The van der Waals surface area contributed by atoms with Crippen molar-refractivity contribution in [1.29, 1.82) is 0 Å². The molecule has 0 aromatic carbocycles. The van der Waals surface area contributed by atoms with Crippen LogP contribution in [-0.4, -0.2) is 140 Å². The first-order valence-electron chi connectivity index (χ1n) is 30.1. The van der Waals surface area contributed by atoms with E-state index in [4.69, 9.17) is 18.9 Å². The fraction of sp³-hybridized carbons (Fsp3) is 0.915. The molecule has 73 heavy (non-hydrogen) atoms.